The monoisotopic (exact) mass is 481 g/mol. The predicted octanol–water partition coefficient (Wildman–Crippen LogP) is 5.55. The molecule has 0 saturated heterocycles. The fourth-order valence-electron chi connectivity index (χ4n) is 4.37. The van der Waals surface area contributed by atoms with Crippen LogP contribution in [-0.4, -0.2) is 36.0 Å². The molecule has 7 nitrogen and oxygen atoms in total. The van der Waals surface area contributed by atoms with E-state index < -0.39 is 0 Å². The van der Waals surface area contributed by atoms with Crippen LogP contribution in [0.15, 0.2) is 84.9 Å². The van der Waals surface area contributed by atoms with E-state index in [-0.39, 0.29) is 5.91 Å². The number of nitrogens with one attached hydrogen (secondary N) is 2. The summed E-state index contributed by atoms with van der Waals surface area (Å²) in [5, 5.41) is 6.06. The van der Waals surface area contributed by atoms with Crippen LogP contribution in [0.2, 0.25) is 0 Å². The molecule has 7 heteroatoms. The summed E-state index contributed by atoms with van der Waals surface area (Å²) >= 11 is 0. The smallest absolute Gasteiger partial charge is 0.255 e. The van der Waals surface area contributed by atoms with Crippen LogP contribution in [0.25, 0.3) is 22.0 Å². The van der Waals surface area contributed by atoms with Gasteiger partial charge in [-0.15, -0.1) is 0 Å². The Morgan fingerprint density at radius 3 is 2.50 bits per heavy atom. The lowest BCUT2D eigenvalue weighted by molar-refractivity contribution is 0.102. The minimum atomic E-state index is -0.123. The van der Waals surface area contributed by atoms with E-state index in [0.717, 1.165) is 57.8 Å². The highest BCUT2D eigenvalue weighted by atomic mass is 16.7. The van der Waals surface area contributed by atoms with Gasteiger partial charge in [0, 0.05) is 30.5 Å². The largest absolute Gasteiger partial charge is 0.392 e. The molecule has 1 aliphatic rings. The van der Waals surface area contributed by atoms with Gasteiger partial charge in [0.15, 0.2) is 0 Å². The molecule has 0 spiro atoms. The van der Waals surface area contributed by atoms with Crippen molar-refractivity contribution in [3.63, 3.8) is 0 Å². The minimum Gasteiger partial charge on any atom is -0.392 e. The number of allylic oxidation sites excluding steroid dienone is 1. The second-order valence-corrected chi connectivity index (χ2v) is 9.42. The summed E-state index contributed by atoms with van der Waals surface area (Å²) in [5.74, 6) is 0.686. The first kappa shape index (κ1) is 23.7. The predicted molar refractivity (Wildman–Crippen MR) is 146 cm³/mol. The molecule has 4 aromatic rings. The molecule has 1 aliphatic heterocycles. The van der Waals surface area contributed by atoms with Gasteiger partial charge in [-0.3, -0.25) is 4.79 Å². The zero-order valence-corrected chi connectivity index (χ0v) is 21.1. The number of hydrazine groups is 1. The molecule has 2 N–H and O–H groups in total. The van der Waals surface area contributed by atoms with Crippen molar-refractivity contribution >= 4 is 28.2 Å². The molecule has 0 fully saturated rings. The third kappa shape index (κ3) is 4.98. The molecule has 0 radical (unpaired) electrons. The second-order valence-electron chi connectivity index (χ2n) is 9.42. The molecule has 184 valence electrons. The van der Waals surface area contributed by atoms with Gasteiger partial charge < -0.3 is 19.6 Å². The van der Waals surface area contributed by atoms with E-state index in [4.69, 9.17) is 4.84 Å². The highest BCUT2D eigenvalue weighted by molar-refractivity contribution is 6.05. The van der Waals surface area contributed by atoms with E-state index in [1.165, 1.54) is 0 Å². The Kier molecular flexibility index (Phi) is 6.50. The lowest BCUT2D eigenvalue weighted by Gasteiger charge is -2.16. The first-order chi connectivity index (χ1) is 17.4. The molecule has 5 rings (SSSR count). The maximum absolute atomic E-state index is 13.0. The van der Waals surface area contributed by atoms with Crippen molar-refractivity contribution in [2.75, 3.05) is 31.0 Å². The van der Waals surface area contributed by atoms with Crippen LogP contribution < -0.4 is 15.9 Å². The number of carbonyl (C=O) groups is 1. The summed E-state index contributed by atoms with van der Waals surface area (Å²) in [6, 6.07) is 22.1. The van der Waals surface area contributed by atoms with E-state index >= 15 is 0 Å². The van der Waals surface area contributed by atoms with Crippen LogP contribution in [0.4, 0.5) is 11.4 Å². The number of rotatable bonds is 7. The molecule has 1 amide bonds. The van der Waals surface area contributed by atoms with E-state index in [9.17, 15) is 4.79 Å². The number of benzene rings is 3. The average Bonchev–Trinajstić information content (AvgIpc) is 3.48. The first-order valence-electron chi connectivity index (χ1n) is 12.0. The van der Waals surface area contributed by atoms with Crippen molar-refractivity contribution in [1.29, 1.82) is 0 Å². The molecular formula is C29H31N5O2. The highest BCUT2D eigenvalue weighted by Gasteiger charge is 2.14. The average molecular weight is 482 g/mol. The number of amides is 1. The fourth-order valence-corrected chi connectivity index (χ4v) is 4.37. The molecule has 0 unspecified atom stereocenters. The van der Waals surface area contributed by atoms with Gasteiger partial charge in [-0.25, -0.2) is 5.01 Å². The summed E-state index contributed by atoms with van der Waals surface area (Å²) in [5.41, 5.74) is 9.70. The maximum atomic E-state index is 13.0. The van der Waals surface area contributed by atoms with Crippen LogP contribution in [0.1, 0.15) is 22.8 Å². The standard InChI is InChI=1S/C29H31N5O2/c1-20-17-26(34-19-21(2)36-31-34)11-12-27(20)22-5-7-24(8-6-22)29(35)30-25-10-9-23-13-14-33(28(23)18-25)16-15-32(3)4/h5-14,17-19,31H,15-16H2,1-4H3,(H,30,35). The lowest BCUT2D eigenvalue weighted by atomic mass is 9.98. The number of aromatic nitrogens is 1. The Balaban J connectivity index is 1.29. The Bertz CT molecular complexity index is 1440. The highest BCUT2D eigenvalue weighted by Crippen LogP contribution is 2.29. The van der Waals surface area contributed by atoms with Crippen molar-refractivity contribution < 1.29 is 9.63 Å². The van der Waals surface area contributed by atoms with Crippen molar-refractivity contribution in [1.82, 2.24) is 15.1 Å². The third-order valence-electron chi connectivity index (χ3n) is 6.38. The molecule has 0 bridgehead atoms. The van der Waals surface area contributed by atoms with Crippen LogP contribution in [0.3, 0.4) is 0 Å². The fraction of sp³-hybridized carbons (Fsp3) is 0.207. The molecule has 36 heavy (non-hydrogen) atoms. The number of hydrogen-bond acceptors (Lipinski definition) is 5. The van der Waals surface area contributed by atoms with E-state index in [0.29, 0.717) is 5.56 Å². The van der Waals surface area contributed by atoms with Crippen molar-refractivity contribution in [2.45, 2.75) is 20.4 Å². The van der Waals surface area contributed by atoms with E-state index in [1.54, 1.807) is 0 Å². The number of carbonyl (C=O) groups excluding carboxylic acids is 1. The Labute approximate surface area is 211 Å². The Morgan fingerprint density at radius 1 is 1.00 bits per heavy atom. The van der Waals surface area contributed by atoms with Crippen LogP contribution in [0.5, 0.6) is 0 Å². The zero-order chi connectivity index (χ0) is 25.2. The van der Waals surface area contributed by atoms with Gasteiger partial charge in [-0.2, -0.15) is 0 Å². The lowest BCUT2D eigenvalue weighted by Crippen LogP contribution is -2.27. The van der Waals surface area contributed by atoms with Crippen molar-refractivity contribution in [2.24, 2.45) is 0 Å². The summed E-state index contributed by atoms with van der Waals surface area (Å²) in [7, 11) is 4.14. The molecule has 1 aromatic heterocycles. The van der Waals surface area contributed by atoms with Gasteiger partial charge in [-0.1, -0.05) is 29.9 Å². The molecule has 3 aromatic carbocycles. The quantitative estimate of drug-likeness (QED) is 0.363. The summed E-state index contributed by atoms with van der Waals surface area (Å²) in [6.45, 7) is 5.83. The summed E-state index contributed by atoms with van der Waals surface area (Å²) < 4.78 is 2.22. The van der Waals surface area contributed by atoms with Crippen molar-refractivity contribution in [3.8, 4) is 11.1 Å². The second kappa shape index (κ2) is 9.89. The molecule has 2 heterocycles. The van der Waals surface area contributed by atoms with Crippen LogP contribution in [-0.2, 0) is 11.4 Å². The summed E-state index contributed by atoms with van der Waals surface area (Å²) in [6.07, 6.45) is 4.00. The molecule has 0 saturated carbocycles. The third-order valence-corrected chi connectivity index (χ3v) is 6.38. The van der Waals surface area contributed by atoms with Gasteiger partial charge in [-0.05, 0) is 92.5 Å². The Hall–Kier alpha value is -4.07. The topological polar surface area (TPSA) is 61.8 Å². The maximum Gasteiger partial charge on any atom is 0.255 e. The number of fused-ring (bicyclic) bond motifs is 1. The van der Waals surface area contributed by atoms with Gasteiger partial charge in [0.05, 0.1) is 17.4 Å². The van der Waals surface area contributed by atoms with Crippen LogP contribution >= 0.6 is 0 Å². The number of nitrogens with zero attached hydrogens (tertiary/aromatic N) is 3. The normalized spacial score (nSPS) is 13.2. The summed E-state index contributed by atoms with van der Waals surface area (Å²) in [4.78, 5) is 20.4. The number of anilines is 2. The zero-order valence-electron chi connectivity index (χ0n) is 21.1. The molecule has 0 aliphatic carbocycles. The van der Waals surface area contributed by atoms with Gasteiger partial charge in [0.1, 0.15) is 5.76 Å². The van der Waals surface area contributed by atoms with E-state index in [2.05, 4.69) is 65.8 Å². The SMILES string of the molecule is CC1=CN(c2ccc(-c3ccc(C(=O)Nc4ccc5ccn(CCN(C)C)c5c4)cc3)c(C)c2)NO1. The van der Waals surface area contributed by atoms with Gasteiger partial charge in [0.2, 0.25) is 0 Å². The van der Waals surface area contributed by atoms with Crippen LogP contribution in [0, 0.1) is 6.92 Å². The Morgan fingerprint density at radius 2 is 1.81 bits per heavy atom. The number of hydrogen-bond donors (Lipinski definition) is 2. The first-order valence-corrected chi connectivity index (χ1v) is 12.0. The number of likely N-dealkylation sites (N-methyl/N-ethyl adjacent to an activating group) is 1. The minimum absolute atomic E-state index is 0.123. The molecule has 0 atom stereocenters. The van der Waals surface area contributed by atoms with Gasteiger partial charge in [0.25, 0.3) is 5.91 Å². The van der Waals surface area contributed by atoms with E-state index in [1.807, 2.05) is 66.7 Å². The van der Waals surface area contributed by atoms with Crippen molar-refractivity contribution in [3.05, 3.63) is 96.0 Å². The molecular weight excluding hydrogens is 450 g/mol. The number of aryl methyl sites for hydroxylation is 1. The van der Waals surface area contributed by atoms with Gasteiger partial charge >= 0.3 is 0 Å².